The van der Waals surface area contributed by atoms with E-state index < -0.39 is 0 Å². The summed E-state index contributed by atoms with van der Waals surface area (Å²) < 4.78 is 20.7. The summed E-state index contributed by atoms with van der Waals surface area (Å²) in [5, 5.41) is 0. The lowest BCUT2D eigenvalue weighted by Gasteiger charge is -2.17. The molecule has 69 heavy (non-hydrogen) atoms. The van der Waals surface area contributed by atoms with Gasteiger partial charge in [-0.05, 0) is 119 Å². The van der Waals surface area contributed by atoms with Crippen molar-refractivity contribution < 1.29 is 23.7 Å². The smallest absolute Gasteiger partial charge is 0.231 e. The van der Waals surface area contributed by atoms with E-state index in [1.807, 2.05) is 72.8 Å². The van der Waals surface area contributed by atoms with E-state index in [0.717, 1.165) is 46.8 Å². The Hall–Kier alpha value is -5.03. The molecule has 0 unspecified atom stereocenters. The second-order valence-corrected chi connectivity index (χ2v) is 23.9. The molecule has 2 aliphatic heterocycles. The van der Waals surface area contributed by atoms with Crippen LogP contribution in [0.5, 0.6) is 23.0 Å². The van der Waals surface area contributed by atoms with Crippen LogP contribution in [0.2, 0.25) is 0 Å². The number of para-hydroxylation sites is 4. The number of rotatable bonds is 0. The maximum absolute atomic E-state index is 11.1. The third-order valence-corrected chi connectivity index (χ3v) is 8.46. The van der Waals surface area contributed by atoms with Crippen molar-refractivity contribution in [3.05, 3.63) is 155 Å². The van der Waals surface area contributed by atoms with Crippen LogP contribution < -0.4 is 18.9 Å². The van der Waals surface area contributed by atoms with Gasteiger partial charge >= 0.3 is 0 Å². The van der Waals surface area contributed by atoms with Crippen LogP contribution in [0.1, 0.15) is 176 Å². The molecule has 0 spiro atoms. The minimum atomic E-state index is 0.301. The number of ether oxygens (including phenoxy) is 4. The van der Waals surface area contributed by atoms with E-state index in [2.05, 4.69) is 173 Å². The van der Waals surface area contributed by atoms with Gasteiger partial charge in [0.1, 0.15) is 13.2 Å². The molecule has 5 aromatic rings. The zero-order chi connectivity index (χ0) is 52.0. The molecule has 10 rings (SSSR count). The summed E-state index contributed by atoms with van der Waals surface area (Å²) in [5.41, 5.74) is 9.88. The van der Waals surface area contributed by atoms with Crippen molar-refractivity contribution in [1.82, 2.24) is 0 Å². The predicted octanol–water partition coefficient (Wildman–Crippen LogP) is 18.1. The molecule has 0 N–H and O–H groups in total. The lowest BCUT2D eigenvalue weighted by atomic mass is 9.89. The molecular formula is C64H96O5. The van der Waals surface area contributed by atoms with E-state index in [1.54, 1.807) is 22.3 Å². The number of ketones is 1. The van der Waals surface area contributed by atoms with Gasteiger partial charge in [-0.25, -0.2) is 0 Å². The Balaban J connectivity index is 0.000000391. The Morgan fingerprint density at radius 3 is 0.884 bits per heavy atom. The Morgan fingerprint density at radius 2 is 0.594 bits per heavy atom. The summed E-state index contributed by atoms with van der Waals surface area (Å²) in [6, 6.07) is 40.5. The van der Waals surface area contributed by atoms with Crippen molar-refractivity contribution in [3.63, 3.8) is 0 Å². The number of fused-ring (bicyclic) bond motifs is 5. The van der Waals surface area contributed by atoms with E-state index in [4.69, 9.17) is 18.9 Å². The molecule has 5 aromatic carbocycles. The monoisotopic (exact) mass is 945 g/mol. The minimum Gasteiger partial charge on any atom is -0.486 e. The second-order valence-electron chi connectivity index (χ2n) is 23.9. The largest absolute Gasteiger partial charge is 0.486 e. The van der Waals surface area contributed by atoms with Gasteiger partial charge in [-0.15, -0.1) is 0 Å². The van der Waals surface area contributed by atoms with Crippen LogP contribution in [-0.4, -0.2) is 25.8 Å². The first-order valence-electron chi connectivity index (χ1n) is 25.6. The summed E-state index contributed by atoms with van der Waals surface area (Å²) in [4.78, 5) is 11.1. The third-order valence-electron chi connectivity index (χ3n) is 8.46. The molecule has 0 radical (unpaired) electrons. The normalized spacial score (nSPS) is 13.5. The standard InChI is InChI=1S/C9H8O.C9H10.C8H8O2.C8H8.C7H6O2.3C5H12.2C4H10/c10-9-6-5-7-3-1-2-4-8(7)9;1-2-5-9-7-3-6-8(9)4-1;1-2-4-8-7(3-1)9-5-6-10-8;1-2-4-8-6-5-7(8)3-1;1-2-4-7-6(3-1)8-5-9-7;3*1-5(2,3)4;2*1-4(2)3/h1-4H,5-6H2;1-2,4-5H,3,6-7H2;1-4H,5-6H2;1-4H,5-6H2;1-4H,5H2;3*1-4H3;2*4H,1-3H3. The van der Waals surface area contributed by atoms with Gasteiger partial charge in [0.05, 0.1) is 0 Å². The Kier molecular flexibility index (Phi) is 29.4. The van der Waals surface area contributed by atoms with Gasteiger partial charge < -0.3 is 18.9 Å². The Morgan fingerprint density at radius 1 is 0.348 bits per heavy atom. The second kappa shape index (κ2) is 32.7. The Labute approximate surface area is 423 Å². The molecule has 0 saturated carbocycles. The van der Waals surface area contributed by atoms with E-state index in [0.29, 0.717) is 48.5 Å². The predicted molar refractivity (Wildman–Crippen MR) is 298 cm³/mol. The molecule has 0 bridgehead atoms. The number of aryl methyl sites for hydroxylation is 5. The summed E-state index contributed by atoms with van der Waals surface area (Å²) >= 11 is 0. The highest BCUT2D eigenvalue weighted by Crippen LogP contribution is 2.31. The molecule has 0 saturated heterocycles. The maximum Gasteiger partial charge on any atom is 0.231 e. The molecule has 382 valence electrons. The fraction of sp³-hybridized carbons (Fsp3) is 0.516. The molecule has 3 aliphatic carbocycles. The average molecular weight is 945 g/mol. The van der Waals surface area contributed by atoms with Gasteiger partial charge in [-0.2, -0.15) is 0 Å². The first-order valence-corrected chi connectivity index (χ1v) is 25.6. The van der Waals surface area contributed by atoms with Crippen LogP contribution in [0.3, 0.4) is 0 Å². The van der Waals surface area contributed by atoms with Gasteiger partial charge in [-0.1, -0.05) is 222 Å². The van der Waals surface area contributed by atoms with E-state index in [9.17, 15) is 4.79 Å². The number of Topliss-reactive ketones (excluding diaryl/α,β-unsaturated/α-hetero) is 1. The molecule has 2 heterocycles. The van der Waals surface area contributed by atoms with Crippen LogP contribution in [-0.2, 0) is 32.1 Å². The van der Waals surface area contributed by atoms with Gasteiger partial charge in [0.2, 0.25) is 6.79 Å². The fourth-order valence-corrected chi connectivity index (χ4v) is 5.88. The minimum absolute atomic E-state index is 0.301. The molecule has 5 heteroatoms. The van der Waals surface area contributed by atoms with Crippen molar-refractivity contribution in [2.75, 3.05) is 20.0 Å². The number of benzene rings is 5. The topological polar surface area (TPSA) is 54.0 Å². The number of hydrogen-bond acceptors (Lipinski definition) is 5. The van der Waals surface area contributed by atoms with Crippen LogP contribution in [0, 0.1) is 28.1 Å². The van der Waals surface area contributed by atoms with Gasteiger partial charge in [0, 0.05) is 12.0 Å². The van der Waals surface area contributed by atoms with Crippen LogP contribution >= 0.6 is 0 Å². The van der Waals surface area contributed by atoms with Crippen molar-refractivity contribution in [3.8, 4) is 23.0 Å². The first kappa shape index (κ1) is 62.0. The highest BCUT2D eigenvalue weighted by Gasteiger charge is 2.17. The van der Waals surface area contributed by atoms with Gasteiger partial charge in [-0.3, -0.25) is 4.79 Å². The first-order chi connectivity index (χ1) is 32.2. The van der Waals surface area contributed by atoms with E-state index >= 15 is 0 Å². The highest BCUT2D eigenvalue weighted by atomic mass is 16.7. The summed E-state index contributed by atoms with van der Waals surface area (Å²) in [6.45, 7) is 40.9. The van der Waals surface area contributed by atoms with E-state index in [1.165, 1.54) is 37.7 Å². The van der Waals surface area contributed by atoms with Crippen LogP contribution in [0.4, 0.5) is 0 Å². The lowest BCUT2D eigenvalue weighted by Crippen LogP contribution is -2.14. The van der Waals surface area contributed by atoms with Crippen molar-refractivity contribution in [1.29, 1.82) is 0 Å². The molecule has 0 atom stereocenters. The summed E-state index contributed by atoms with van der Waals surface area (Å²) in [6.07, 6.45) is 8.21. The molecule has 0 fully saturated rings. The zero-order valence-electron chi connectivity index (χ0n) is 46.8. The SMILES string of the molecule is CC(C)(C)C.CC(C)(C)C.CC(C)(C)C.CC(C)C.CC(C)C.O=C1CCc2ccccc21.c1ccc2c(c1)CC2.c1ccc2c(c1)CCC2.c1ccc2c(c1)OCCO2.c1ccc2c(c1)OCO2. The fourth-order valence-electron chi connectivity index (χ4n) is 5.88. The maximum atomic E-state index is 11.1. The number of carbonyl (C=O) groups excluding carboxylic acids is 1. The van der Waals surface area contributed by atoms with Crippen LogP contribution in [0.15, 0.2) is 121 Å². The number of hydrogen-bond donors (Lipinski definition) is 0. The highest BCUT2D eigenvalue weighted by molar-refractivity contribution is 6.00. The Bertz CT molecular complexity index is 1920. The lowest BCUT2D eigenvalue weighted by molar-refractivity contribution is 0.0994. The van der Waals surface area contributed by atoms with Gasteiger partial charge in [0.15, 0.2) is 28.8 Å². The molecule has 0 aromatic heterocycles. The van der Waals surface area contributed by atoms with Gasteiger partial charge in [0.25, 0.3) is 0 Å². The zero-order valence-corrected chi connectivity index (χ0v) is 46.8. The van der Waals surface area contributed by atoms with Crippen molar-refractivity contribution in [2.45, 2.75) is 170 Å². The number of carbonyl (C=O) groups is 1. The summed E-state index contributed by atoms with van der Waals surface area (Å²) in [5.74, 6) is 5.37. The molecule has 5 nitrogen and oxygen atoms in total. The summed E-state index contributed by atoms with van der Waals surface area (Å²) in [7, 11) is 0. The molecule has 0 amide bonds. The quantitative estimate of drug-likeness (QED) is 0.155. The molecular weight excluding hydrogens is 849 g/mol. The van der Waals surface area contributed by atoms with Crippen molar-refractivity contribution in [2.24, 2.45) is 28.1 Å². The third kappa shape index (κ3) is 34.0. The van der Waals surface area contributed by atoms with Crippen LogP contribution in [0.25, 0.3) is 0 Å². The van der Waals surface area contributed by atoms with E-state index in [-0.39, 0.29) is 0 Å². The molecule has 5 aliphatic rings. The average Bonchev–Trinajstić information content (AvgIpc) is 4.01. The van der Waals surface area contributed by atoms with Crippen molar-refractivity contribution >= 4 is 5.78 Å².